The fourth-order valence-electron chi connectivity index (χ4n) is 4.87. The number of nitrogens with zero attached hydrogens (tertiary/aromatic N) is 1. The molecule has 1 amide bonds. The Labute approximate surface area is 247 Å². The van der Waals surface area contributed by atoms with Crippen LogP contribution >= 0.6 is 22.7 Å². The van der Waals surface area contributed by atoms with Crippen molar-refractivity contribution >= 4 is 53.8 Å². The van der Waals surface area contributed by atoms with Crippen molar-refractivity contribution in [2.45, 2.75) is 43.2 Å². The number of fused-ring (bicyclic) bond motifs is 2. The first-order valence-electron chi connectivity index (χ1n) is 13.8. The van der Waals surface area contributed by atoms with Gasteiger partial charge in [-0.3, -0.25) is 4.79 Å². The van der Waals surface area contributed by atoms with Crippen LogP contribution < -0.4 is 20.7 Å². The molecule has 0 radical (unpaired) electrons. The van der Waals surface area contributed by atoms with Crippen LogP contribution in [0.5, 0.6) is 0 Å². The molecule has 0 spiro atoms. The standard InChI is InChI=1S/C29H33N5O4S3/c1-38-15-14-30-13-11-26(35)33-29-27(22-10-12-31-17-25(22)40-29)28-32-23-9-4-19(16-24(23)39-28)18-2-7-21(8-3-18)41(36,37)34-20-5-6-20/h2-4,7-9,16,20,30-31,34H,5-6,10-15,17H2,1H3,(H,33,35). The van der Waals surface area contributed by atoms with Crippen LogP contribution in [0.4, 0.5) is 5.00 Å². The van der Waals surface area contributed by atoms with Crippen LogP contribution in [0.2, 0.25) is 0 Å². The molecule has 1 aliphatic carbocycles. The molecule has 4 aromatic rings. The second kappa shape index (κ2) is 12.3. The fourth-order valence-corrected chi connectivity index (χ4v) is 8.55. The number of carbonyl (C=O) groups excluding carboxylic acids is 1. The molecule has 3 heterocycles. The van der Waals surface area contributed by atoms with Gasteiger partial charge in [-0.2, -0.15) is 0 Å². The van der Waals surface area contributed by atoms with Crippen molar-refractivity contribution in [2.75, 3.05) is 38.7 Å². The lowest BCUT2D eigenvalue weighted by molar-refractivity contribution is -0.116. The van der Waals surface area contributed by atoms with Gasteiger partial charge >= 0.3 is 0 Å². The summed E-state index contributed by atoms with van der Waals surface area (Å²) in [6.07, 6.45) is 3.07. The highest BCUT2D eigenvalue weighted by molar-refractivity contribution is 7.89. The molecule has 1 aliphatic heterocycles. The van der Waals surface area contributed by atoms with Gasteiger partial charge in [0, 0.05) is 49.6 Å². The summed E-state index contributed by atoms with van der Waals surface area (Å²) in [6.45, 7) is 3.59. The molecule has 0 saturated heterocycles. The summed E-state index contributed by atoms with van der Waals surface area (Å²) in [5.41, 5.74) is 5.14. The van der Waals surface area contributed by atoms with E-state index in [1.807, 2.05) is 24.3 Å². The van der Waals surface area contributed by atoms with E-state index in [1.165, 1.54) is 10.4 Å². The number of anilines is 1. The highest BCUT2D eigenvalue weighted by Gasteiger charge is 2.28. The van der Waals surface area contributed by atoms with Crippen LogP contribution in [-0.2, 0) is 32.5 Å². The topological polar surface area (TPSA) is 121 Å². The van der Waals surface area contributed by atoms with Crippen molar-refractivity contribution in [3.8, 4) is 21.7 Å². The monoisotopic (exact) mass is 611 g/mol. The summed E-state index contributed by atoms with van der Waals surface area (Å²) in [6, 6.07) is 13.2. The lowest BCUT2D eigenvalue weighted by Gasteiger charge is -2.13. The molecule has 0 unspecified atom stereocenters. The van der Waals surface area contributed by atoms with E-state index >= 15 is 0 Å². The minimum absolute atomic E-state index is 0.0242. The molecule has 1 saturated carbocycles. The van der Waals surface area contributed by atoms with Crippen LogP contribution in [0.15, 0.2) is 47.4 Å². The van der Waals surface area contributed by atoms with E-state index < -0.39 is 10.0 Å². The summed E-state index contributed by atoms with van der Waals surface area (Å²) in [4.78, 5) is 19.3. The summed E-state index contributed by atoms with van der Waals surface area (Å²) >= 11 is 3.25. The molecule has 2 aromatic heterocycles. The average molecular weight is 612 g/mol. The van der Waals surface area contributed by atoms with Gasteiger partial charge in [0.2, 0.25) is 15.9 Å². The molecule has 2 aliphatic rings. The maximum atomic E-state index is 12.8. The van der Waals surface area contributed by atoms with Crippen LogP contribution in [0.1, 0.15) is 29.7 Å². The van der Waals surface area contributed by atoms with Crippen LogP contribution in [0.25, 0.3) is 31.9 Å². The Morgan fingerprint density at radius 3 is 2.68 bits per heavy atom. The quantitative estimate of drug-likeness (QED) is 0.176. The second-order valence-electron chi connectivity index (χ2n) is 10.3. The fraction of sp³-hybridized carbons (Fsp3) is 0.379. The number of amides is 1. The van der Waals surface area contributed by atoms with E-state index in [0.29, 0.717) is 26.1 Å². The van der Waals surface area contributed by atoms with Crippen molar-refractivity contribution in [2.24, 2.45) is 0 Å². The lowest BCUT2D eigenvalue weighted by atomic mass is 10.0. The van der Waals surface area contributed by atoms with E-state index in [2.05, 4.69) is 26.7 Å². The van der Waals surface area contributed by atoms with Gasteiger partial charge in [0.25, 0.3) is 0 Å². The molecule has 4 N–H and O–H groups in total. The minimum Gasteiger partial charge on any atom is -0.383 e. The second-order valence-corrected chi connectivity index (χ2v) is 14.1. The number of aromatic nitrogens is 1. The minimum atomic E-state index is -3.48. The first-order chi connectivity index (χ1) is 19.9. The molecule has 6 rings (SSSR count). The Kier molecular flexibility index (Phi) is 8.50. The van der Waals surface area contributed by atoms with Gasteiger partial charge in [0.05, 0.1) is 21.7 Å². The third-order valence-corrected chi connectivity index (χ3v) is 10.9. The molecule has 12 heteroatoms. The van der Waals surface area contributed by atoms with Crippen molar-refractivity contribution < 1.29 is 17.9 Å². The molecule has 1 fully saturated rings. The summed E-state index contributed by atoms with van der Waals surface area (Å²) in [5, 5.41) is 11.6. The molecule has 0 bridgehead atoms. The maximum absolute atomic E-state index is 12.8. The van der Waals surface area contributed by atoms with Gasteiger partial charge in [0.15, 0.2) is 0 Å². The van der Waals surface area contributed by atoms with Gasteiger partial charge in [0.1, 0.15) is 10.0 Å². The molecular weight excluding hydrogens is 579 g/mol. The first-order valence-corrected chi connectivity index (χ1v) is 16.9. The zero-order valence-corrected chi connectivity index (χ0v) is 25.2. The Morgan fingerprint density at radius 2 is 1.90 bits per heavy atom. The number of hydrogen-bond acceptors (Lipinski definition) is 9. The zero-order chi connectivity index (χ0) is 28.4. The van der Waals surface area contributed by atoms with Gasteiger partial charge in [-0.15, -0.1) is 22.7 Å². The summed E-state index contributed by atoms with van der Waals surface area (Å²) < 4.78 is 33.9. The zero-order valence-electron chi connectivity index (χ0n) is 22.8. The largest absolute Gasteiger partial charge is 0.383 e. The highest BCUT2D eigenvalue weighted by Crippen LogP contribution is 2.45. The number of sulfonamides is 1. The lowest BCUT2D eigenvalue weighted by Crippen LogP contribution is -2.25. The predicted octanol–water partition coefficient (Wildman–Crippen LogP) is 4.34. The van der Waals surface area contributed by atoms with Crippen LogP contribution in [0, 0.1) is 0 Å². The van der Waals surface area contributed by atoms with Gasteiger partial charge < -0.3 is 20.7 Å². The van der Waals surface area contributed by atoms with Crippen molar-refractivity contribution in [3.63, 3.8) is 0 Å². The Morgan fingerprint density at radius 1 is 1.10 bits per heavy atom. The van der Waals surface area contributed by atoms with E-state index in [0.717, 1.165) is 69.3 Å². The molecule has 0 atom stereocenters. The van der Waals surface area contributed by atoms with Crippen LogP contribution in [-0.4, -0.2) is 58.7 Å². The average Bonchev–Trinajstić information content (AvgIpc) is 3.55. The Hall–Kier alpha value is -2.71. The van der Waals surface area contributed by atoms with Crippen molar-refractivity contribution in [1.82, 2.24) is 20.3 Å². The Bertz CT molecular complexity index is 1660. The number of carbonyl (C=O) groups is 1. The van der Waals surface area contributed by atoms with Crippen molar-refractivity contribution in [3.05, 3.63) is 52.9 Å². The van der Waals surface area contributed by atoms with E-state index in [1.54, 1.807) is 41.9 Å². The number of benzene rings is 2. The Balaban J connectivity index is 1.24. The smallest absolute Gasteiger partial charge is 0.240 e. The van der Waals surface area contributed by atoms with Gasteiger partial charge in [-0.1, -0.05) is 18.2 Å². The summed E-state index contributed by atoms with van der Waals surface area (Å²) in [7, 11) is -1.82. The number of methoxy groups -OCH3 is 1. The number of rotatable bonds is 12. The first kappa shape index (κ1) is 28.4. The van der Waals surface area contributed by atoms with Gasteiger partial charge in [-0.25, -0.2) is 18.1 Å². The normalized spacial score (nSPS) is 15.2. The maximum Gasteiger partial charge on any atom is 0.240 e. The van der Waals surface area contributed by atoms with E-state index in [4.69, 9.17) is 9.72 Å². The molecule has 2 aromatic carbocycles. The molecular formula is C29H33N5O4S3. The van der Waals surface area contributed by atoms with Crippen LogP contribution in [0.3, 0.4) is 0 Å². The van der Waals surface area contributed by atoms with E-state index in [-0.39, 0.29) is 16.8 Å². The number of thiazole rings is 1. The SMILES string of the molecule is COCCNCCC(=O)Nc1sc2c(c1-c1nc3ccc(-c4ccc(S(=O)(=O)NC5CC5)cc4)cc3s1)CCNC2. The molecule has 9 nitrogen and oxygen atoms in total. The molecule has 41 heavy (non-hydrogen) atoms. The third-order valence-electron chi connectivity index (χ3n) is 7.19. The number of hydrogen-bond donors (Lipinski definition) is 4. The van der Waals surface area contributed by atoms with Gasteiger partial charge in [-0.05, 0) is 66.8 Å². The number of thiophene rings is 1. The van der Waals surface area contributed by atoms with Crippen molar-refractivity contribution in [1.29, 1.82) is 0 Å². The molecule has 216 valence electrons. The number of ether oxygens (including phenoxy) is 1. The highest BCUT2D eigenvalue weighted by atomic mass is 32.2. The summed E-state index contributed by atoms with van der Waals surface area (Å²) in [5.74, 6) is -0.0242. The number of nitrogens with one attached hydrogen (secondary N) is 4. The predicted molar refractivity (Wildman–Crippen MR) is 165 cm³/mol. The third kappa shape index (κ3) is 6.54. The van der Waals surface area contributed by atoms with E-state index in [9.17, 15) is 13.2 Å².